The molecule has 1 rings (SSSR count). The van der Waals surface area contributed by atoms with Gasteiger partial charge in [-0.2, -0.15) is 13.2 Å². The van der Waals surface area contributed by atoms with Crippen LogP contribution in [0, 0.1) is 11.3 Å². The van der Waals surface area contributed by atoms with Gasteiger partial charge in [0, 0.05) is 0 Å². The van der Waals surface area contributed by atoms with Gasteiger partial charge in [0.05, 0.1) is 12.5 Å². The van der Waals surface area contributed by atoms with Crippen LogP contribution >= 0.6 is 0 Å². The van der Waals surface area contributed by atoms with Gasteiger partial charge in [-0.25, -0.2) is 0 Å². The summed E-state index contributed by atoms with van der Waals surface area (Å²) in [6, 6.07) is 0. The van der Waals surface area contributed by atoms with Crippen molar-refractivity contribution in [1.82, 2.24) is 0 Å². The Hall–Kier alpha value is -0.580. The molecule has 1 aliphatic rings. The predicted molar refractivity (Wildman–Crippen MR) is 66.8 cm³/mol. The second-order valence-electron chi connectivity index (χ2n) is 6.30. The van der Waals surface area contributed by atoms with Gasteiger partial charge in [-0.05, 0) is 37.5 Å². The molecule has 0 bridgehead atoms. The summed E-state index contributed by atoms with van der Waals surface area (Å²) in [5.41, 5.74) is -1.06. The zero-order valence-corrected chi connectivity index (χ0v) is 11.8. The maximum atomic E-state index is 12.6. The number of carbonyl (C=O) groups excluding carboxylic acids is 1. The van der Waals surface area contributed by atoms with Gasteiger partial charge < -0.3 is 9.53 Å². The van der Waals surface area contributed by atoms with Crippen molar-refractivity contribution in [2.75, 3.05) is 6.61 Å². The lowest BCUT2D eigenvalue weighted by atomic mass is 9.78. The van der Waals surface area contributed by atoms with Gasteiger partial charge in [-0.15, -0.1) is 0 Å². The molecule has 0 amide bonds. The minimum Gasteiger partial charge on any atom is -0.367 e. The largest absolute Gasteiger partial charge is 0.391 e. The second-order valence-corrected chi connectivity index (χ2v) is 6.30. The van der Waals surface area contributed by atoms with Crippen LogP contribution in [-0.2, 0) is 9.53 Å². The van der Waals surface area contributed by atoms with Crippen LogP contribution in [0.1, 0.15) is 52.9 Å². The first kappa shape index (κ1) is 16.5. The van der Waals surface area contributed by atoms with E-state index in [1.807, 2.05) is 20.8 Å². The van der Waals surface area contributed by atoms with Crippen LogP contribution in [0.5, 0.6) is 0 Å². The van der Waals surface area contributed by atoms with Crippen LogP contribution in [-0.4, -0.2) is 24.7 Å². The quantitative estimate of drug-likeness (QED) is 0.708. The Labute approximate surface area is 112 Å². The first-order chi connectivity index (χ1) is 8.64. The molecule has 0 atom stereocenters. The van der Waals surface area contributed by atoms with Crippen LogP contribution in [0.4, 0.5) is 13.2 Å². The summed E-state index contributed by atoms with van der Waals surface area (Å²) in [5.74, 6) is -1.29. The lowest BCUT2D eigenvalue weighted by Gasteiger charge is -2.38. The first-order valence-electron chi connectivity index (χ1n) is 6.81. The fraction of sp³-hybridized carbons (Fsp3) is 0.929. The molecule has 112 valence electrons. The van der Waals surface area contributed by atoms with Crippen LogP contribution < -0.4 is 0 Å². The van der Waals surface area contributed by atoms with Gasteiger partial charge in [0.25, 0.3) is 0 Å². The second kappa shape index (κ2) is 5.81. The van der Waals surface area contributed by atoms with E-state index in [9.17, 15) is 18.0 Å². The molecule has 0 aromatic rings. The van der Waals surface area contributed by atoms with E-state index >= 15 is 0 Å². The molecule has 0 aliphatic heterocycles. The summed E-state index contributed by atoms with van der Waals surface area (Å²) >= 11 is 0. The molecule has 5 heteroatoms. The number of carbonyl (C=O) groups is 1. The first-order valence-corrected chi connectivity index (χ1v) is 6.81. The van der Waals surface area contributed by atoms with Gasteiger partial charge in [-0.1, -0.05) is 20.8 Å². The molecular formula is C14H23F3O2. The molecule has 0 saturated heterocycles. The zero-order chi connectivity index (χ0) is 14.7. The number of rotatable bonds is 5. The Morgan fingerprint density at radius 1 is 1.26 bits per heavy atom. The number of aldehydes is 1. The number of hydrogen-bond acceptors (Lipinski definition) is 2. The van der Waals surface area contributed by atoms with Gasteiger partial charge in [-0.3, -0.25) is 0 Å². The summed E-state index contributed by atoms with van der Waals surface area (Å²) in [6.07, 6.45) is -2.26. The van der Waals surface area contributed by atoms with E-state index in [1.165, 1.54) is 0 Å². The summed E-state index contributed by atoms with van der Waals surface area (Å²) in [6.45, 7) is 6.47. The van der Waals surface area contributed by atoms with E-state index < -0.39 is 17.7 Å². The molecule has 0 unspecified atom stereocenters. The van der Waals surface area contributed by atoms with Crippen LogP contribution in [0.15, 0.2) is 0 Å². The van der Waals surface area contributed by atoms with Crippen molar-refractivity contribution in [3.8, 4) is 0 Å². The van der Waals surface area contributed by atoms with Gasteiger partial charge in [0.15, 0.2) is 6.29 Å². The maximum absolute atomic E-state index is 12.6. The molecule has 0 aromatic heterocycles. The third-order valence-corrected chi connectivity index (χ3v) is 4.22. The maximum Gasteiger partial charge on any atom is 0.391 e. The van der Waals surface area contributed by atoms with Gasteiger partial charge >= 0.3 is 6.18 Å². The Balaban J connectivity index is 2.58. The van der Waals surface area contributed by atoms with Gasteiger partial charge in [0.2, 0.25) is 0 Å². The van der Waals surface area contributed by atoms with E-state index in [-0.39, 0.29) is 31.1 Å². The molecule has 19 heavy (non-hydrogen) atoms. The molecule has 0 radical (unpaired) electrons. The van der Waals surface area contributed by atoms with Crippen LogP contribution in [0.3, 0.4) is 0 Å². The molecule has 0 aromatic carbocycles. The van der Waals surface area contributed by atoms with Crippen molar-refractivity contribution in [2.45, 2.75) is 64.7 Å². The van der Waals surface area contributed by atoms with E-state index in [0.717, 1.165) is 6.42 Å². The van der Waals surface area contributed by atoms with Crippen molar-refractivity contribution in [3.05, 3.63) is 0 Å². The molecule has 0 spiro atoms. The highest BCUT2D eigenvalue weighted by Gasteiger charge is 2.46. The molecule has 2 nitrogen and oxygen atoms in total. The highest BCUT2D eigenvalue weighted by Crippen LogP contribution is 2.42. The highest BCUT2D eigenvalue weighted by atomic mass is 19.4. The van der Waals surface area contributed by atoms with Crippen molar-refractivity contribution >= 4 is 6.29 Å². The van der Waals surface area contributed by atoms with Crippen molar-refractivity contribution < 1.29 is 22.7 Å². The lowest BCUT2D eigenvalue weighted by molar-refractivity contribution is -0.197. The minimum absolute atomic E-state index is 0.0191. The van der Waals surface area contributed by atoms with E-state index in [0.29, 0.717) is 12.9 Å². The molecule has 1 fully saturated rings. The monoisotopic (exact) mass is 280 g/mol. The minimum atomic E-state index is -4.16. The fourth-order valence-corrected chi connectivity index (χ4v) is 2.17. The topological polar surface area (TPSA) is 26.3 Å². The lowest BCUT2D eigenvalue weighted by Crippen LogP contribution is -2.43. The Kier molecular flexibility index (Phi) is 5.04. The third-order valence-electron chi connectivity index (χ3n) is 4.22. The predicted octanol–water partition coefficient (Wildman–Crippen LogP) is 4.13. The van der Waals surface area contributed by atoms with Crippen molar-refractivity contribution in [2.24, 2.45) is 11.3 Å². The normalized spacial score (nSPS) is 29.3. The van der Waals surface area contributed by atoms with Crippen LogP contribution in [0.2, 0.25) is 0 Å². The number of hydrogen-bond donors (Lipinski definition) is 0. The number of halogens is 3. The highest BCUT2D eigenvalue weighted by molar-refractivity contribution is 5.62. The van der Waals surface area contributed by atoms with Crippen molar-refractivity contribution in [1.29, 1.82) is 0 Å². The third kappa shape index (κ3) is 4.48. The van der Waals surface area contributed by atoms with Gasteiger partial charge in [0.1, 0.15) is 5.60 Å². The zero-order valence-electron chi connectivity index (χ0n) is 11.8. The van der Waals surface area contributed by atoms with Crippen molar-refractivity contribution in [3.63, 3.8) is 0 Å². The van der Waals surface area contributed by atoms with E-state index in [4.69, 9.17) is 4.74 Å². The molecule has 0 N–H and O–H groups in total. The Bertz CT molecular complexity index is 302. The standard InChI is InChI=1S/C14H23F3O2/c1-4-12(2,3)10-19-13(9-18)7-5-11(6-8-13)14(15,16)17/h9,11H,4-8,10H2,1-3H3. The Morgan fingerprint density at radius 2 is 1.79 bits per heavy atom. The molecule has 1 saturated carbocycles. The fourth-order valence-electron chi connectivity index (χ4n) is 2.17. The number of ether oxygens (including phenoxy) is 1. The average Bonchev–Trinajstić information content (AvgIpc) is 2.36. The number of alkyl halides is 3. The molecule has 0 heterocycles. The summed E-state index contributed by atoms with van der Waals surface area (Å²) < 4.78 is 43.5. The van der Waals surface area contributed by atoms with Crippen LogP contribution in [0.25, 0.3) is 0 Å². The summed E-state index contributed by atoms with van der Waals surface area (Å²) in [5, 5.41) is 0. The average molecular weight is 280 g/mol. The Morgan fingerprint density at radius 3 is 2.16 bits per heavy atom. The summed E-state index contributed by atoms with van der Waals surface area (Å²) in [7, 11) is 0. The van der Waals surface area contributed by atoms with E-state index in [1.54, 1.807) is 0 Å². The molecule has 1 aliphatic carbocycles. The SMILES string of the molecule is CCC(C)(C)COC1(C=O)CCC(C(F)(F)F)CC1. The van der Waals surface area contributed by atoms with E-state index in [2.05, 4.69) is 0 Å². The smallest absolute Gasteiger partial charge is 0.367 e. The summed E-state index contributed by atoms with van der Waals surface area (Å²) in [4.78, 5) is 11.2. The molecular weight excluding hydrogens is 257 g/mol.